The fourth-order valence-electron chi connectivity index (χ4n) is 3.37. The van der Waals surface area contributed by atoms with Crippen LogP contribution in [0.5, 0.6) is 5.75 Å². The lowest BCUT2D eigenvalue weighted by Gasteiger charge is -2.20. The van der Waals surface area contributed by atoms with Crippen LogP contribution in [0.25, 0.3) is 11.0 Å². The Morgan fingerprint density at radius 1 is 1.09 bits per heavy atom. The number of benzene rings is 2. The molecule has 0 spiro atoms. The minimum Gasteiger partial charge on any atom is -0.493 e. The zero-order valence-corrected chi connectivity index (χ0v) is 18.3. The lowest BCUT2D eigenvalue weighted by molar-refractivity contribution is -0.342. The van der Waals surface area contributed by atoms with Gasteiger partial charge in [0.15, 0.2) is 0 Å². The van der Waals surface area contributed by atoms with E-state index in [0.717, 1.165) is 14.9 Å². The molecule has 0 bridgehead atoms. The Morgan fingerprint density at radius 2 is 1.82 bits per heavy atom. The van der Waals surface area contributed by atoms with E-state index in [2.05, 4.69) is 4.99 Å². The van der Waals surface area contributed by atoms with Gasteiger partial charge in [0, 0.05) is 23.9 Å². The van der Waals surface area contributed by atoms with Crippen LogP contribution in [0, 0.1) is 0 Å². The van der Waals surface area contributed by atoms with Crippen molar-refractivity contribution >= 4 is 46.0 Å². The first kappa shape index (κ1) is 22.6. The number of hydrogen-bond donors (Lipinski definition) is 1. The summed E-state index contributed by atoms with van der Waals surface area (Å²) < 4.78 is 11.9. The summed E-state index contributed by atoms with van der Waals surface area (Å²) in [7, 11) is 1.30. The first-order chi connectivity index (χ1) is 16.3. The van der Waals surface area contributed by atoms with Gasteiger partial charge in [-0.25, -0.2) is 14.4 Å². The van der Waals surface area contributed by atoms with Crippen molar-refractivity contribution in [2.45, 2.75) is 12.8 Å². The van der Waals surface area contributed by atoms with Crippen molar-refractivity contribution < 1.29 is 28.1 Å². The first-order valence-electron chi connectivity index (χ1n) is 10.4. The number of nitrogens with zero attached hydrogens (tertiary/aromatic N) is 3. The number of urea groups is 1. The van der Waals surface area contributed by atoms with Crippen molar-refractivity contribution in [3.8, 4) is 5.75 Å². The number of aliphatic imine (C=N–C) groups is 1. The van der Waals surface area contributed by atoms with Crippen LogP contribution in [0.3, 0.4) is 0 Å². The molecule has 172 valence electrons. The molecule has 0 aliphatic carbocycles. The zero-order chi connectivity index (χ0) is 24.2. The lowest BCUT2D eigenvalue weighted by Crippen LogP contribution is -2.55. The maximum absolute atomic E-state index is 12.6. The fraction of sp³-hybridized carbons (Fsp3) is 0.167. The van der Waals surface area contributed by atoms with Gasteiger partial charge in [0.05, 0.1) is 13.7 Å². The Kier molecular flexibility index (Phi) is 6.30. The standard InChI is InChI=1S/C24H20N4O6/c1-27-23(31)21(22(25)28(24(27)32)16-6-3-2-4-7-16)26-19(29)8-5-13-33-17-11-9-15-10-12-20(30)34-18(15)14-17/h2-4,6-7,9-12,14,25H,5,8,13H2,1H3/p+1. The van der Waals surface area contributed by atoms with Gasteiger partial charge >= 0.3 is 17.6 Å². The quantitative estimate of drug-likeness (QED) is 0.338. The molecule has 0 atom stereocenters. The largest absolute Gasteiger partial charge is 0.493 e. The molecular weight excluding hydrogens is 440 g/mol. The van der Waals surface area contributed by atoms with E-state index in [1.807, 2.05) is 0 Å². The van der Waals surface area contributed by atoms with E-state index in [4.69, 9.17) is 14.9 Å². The molecule has 0 saturated heterocycles. The Labute approximate surface area is 193 Å². The van der Waals surface area contributed by atoms with Gasteiger partial charge in [0.2, 0.25) is 11.6 Å². The first-order valence-corrected chi connectivity index (χ1v) is 10.4. The van der Waals surface area contributed by atoms with E-state index in [0.29, 0.717) is 23.4 Å². The van der Waals surface area contributed by atoms with Crippen LogP contribution < -0.4 is 16.1 Å². The Hall–Kier alpha value is -4.60. The maximum atomic E-state index is 12.6. The van der Waals surface area contributed by atoms with Gasteiger partial charge in [-0.3, -0.25) is 4.79 Å². The lowest BCUT2D eigenvalue weighted by atomic mass is 10.2. The predicted octanol–water partition coefficient (Wildman–Crippen LogP) is 2.21. The number of amides is 4. The fourth-order valence-corrected chi connectivity index (χ4v) is 3.37. The van der Waals surface area contributed by atoms with Gasteiger partial charge in [0.25, 0.3) is 5.84 Å². The van der Waals surface area contributed by atoms with Gasteiger partial charge in [-0.1, -0.05) is 18.2 Å². The summed E-state index contributed by atoms with van der Waals surface area (Å²) in [5.41, 5.74) is 6.17. The molecule has 1 aromatic heterocycles. The minimum absolute atomic E-state index is 0.00424. The Balaban J connectivity index is 1.43. The highest BCUT2D eigenvalue weighted by Crippen LogP contribution is 2.20. The van der Waals surface area contributed by atoms with Crippen LogP contribution in [-0.4, -0.2) is 52.5 Å². The predicted molar refractivity (Wildman–Crippen MR) is 123 cm³/mol. The highest BCUT2D eigenvalue weighted by Gasteiger charge is 2.42. The monoisotopic (exact) mass is 461 g/mol. The van der Waals surface area contributed by atoms with Crippen LogP contribution in [-0.2, 0) is 9.59 Å². The summed E-state index contributed by atoms with van der Waals surface area (Å²) >= 11 is 0. The number of carbonyl (C=O) groups excluding carboxylic acids is 3. The molecule has 0 fully saturated rings. The van der Waals surface area contributed by atoms with Gasteiger partial charge in [-0.2, -0.15) is 14.5 Å². The van der Waals surface area contributed by atoms with Gasteiger partial charge in [-0.05, 0) is 36.8 Å². The van der Waals surface area contributed by atoms with Crippen LogP contribution in [0.4, 0.5) is 10.5 Å². The van der Waals surface area contributed by atoms with E-state index in [1.165, 1.54) is 13.1 Å². The second-order valence-corrected chi connectivity index (χ2v) is 7.46. The number of nitrogens with two attached hydrogens (primary N) is 1. The summed E-state index contributed by atoms with van der Waals surface area (Å²) in [5.74, 6) is -1.05. The third kappa shape index (κ3) is 4.60. The molecule has 1 aliphatic heterocycles. The smallest absolute Gasteiger partial charge is 0.451 e. The molecule has 0 saturated carbocycles. The molecule has 0 radical (unpaired) electrons. The number of fused-ring (bicyclic) bond motifs is 1. The van der Waals surface area contributed by atoms with Crippen molar-refractivity contribution in [1.29, 1.82) is 0 Å². The molecule has 4 rings (SSSR count). The molecule has 2 N–H and O–H groups in total. The number of hydrogen-bond acceptors (Lipinski definition) is 7. The SMILES string of the molecule is CN1C(=O)C(=NC(=O)CCCOc2ccc3ccc(=O)oc3c2)C(N)=[N+](c2ccccc2)C1=O. The summed E-state index contributed by atoms with van der Waals surface area (Å²) in [4.78, 5) is 53.6. The number of carbonyl (C=O) groups is 3. The van der Waals surface area contributed by atoms with E-state index >= 15 is 0 Å². The number of rotatable bonds is 6. The van der Waals surface area contributed by atoms with Crippen molar-refractivity contribution in [2.75, 3.05) is 13.7 Å². The number of imide groups is 1. The molecule has 34 heavy (non-hydrogen) atoms. The Bertz CT molecular complexity index is 1410. The summed E-state index contributed by atoms with van der Waals surface area (Å²) in [6.07, 6.45) is 0.313. The topological polar surface area (TPSA) is 135 Å². The highest BCUT2D eigenvalue weighted by atomic mass is 16.5. The molecule has 10 nitrogen and oxygen atoms in total. The second-order valence-electron chi connectivity index (χ2n) is 7.46. The molecule has 3 aromatic rings. The van der Waals surface area contributed by atoms with Crippen LogP contribution in [0.1, 0.15) is 12.8 Å². The normalized spacial score (nSPS) is 15.3. The van der Waals surface area contributed by atoms with Gasteiger partial charge in [0.1, 0.15) is 17.0 Å². The average Bonchev–Trinajstić information content (AvgIpc) is 2.84. The molecule has 2 heterocycles. The molecule has 4 amide bonds. The maximum Gasteiger partial charge on any atom is 0.451 e. The van der Waals surface area contributed by atoms with E-state index in [1.54, 1.807) is 54.6 Å². The van der Waals surface area contributed by atoms with E-state index in [9.17, 15) is 19.2 Å². The average molecular weight is 461 g/mol. The van der Waals surface area contributed by atoms with Crippen molar-refractivity contribution in [2.24, 2.45) is 10.7 Å². The number of para-hydroxylation sites is 1. The van der Waals surface area contributed by atoms with Crippen molar-refractivity contribution in [1.82, 2.24) is 4.90 Å². The van der Waals surface area contributed by atoms with Gasteiger partial charge in [-0.15, -0.1) is 0 Å². The van der Waals surface area contributed by atoms with Crippen LogP contribution in [0.15, 0.2) is 74.9 Å². The zero-order valence-electron chi connectivity index (χ0n) is 18.3. The van der Waals surface area contributed by atoms with E-state index in [-0.39, 0.29) is 24.6 Å². The van der Waals surface area contributed by atoms with Crippen molar-refractivity contribution in [3.63, 3.8) is 0 Å². The molecule has 1 aliphatic rings. The molecular formula is C24H21N4O6+. The highest BCUT2D eigenvalue weighted by molar-refractivity contribution is 6.68. The van der Waals surface area contributed by atoms with Crippen LogP contribution in [0.2, 0.25) is 0 Å². The third-order valence-electron chi connectivity index (χ3n) is 5.12. The molecule has 2 aromatic carbocycles. The Morgan fingerprint density at radius 3 is 2.59 bits per heavy atom. The number of amidine groups is 1. The number of ether oxygens (including phenoxy) is 1. The summed E-state index contributed by atoms with van der Waals surface area (Å²) in [6.45, 7) is 0.195. The van der Waals surface area contributed by atoms with Crippen molar-refractivity contribution in [3.05, 3.63) is 71.1 Å². The second kappa shape index (κ2) is 9.49. The molecule has 0 unspecified atom stereocenters. The third-order valence-corrected chi connectivity index (χ3v) is 5.12. The van der Waals surface area contributed by atoms with Crippen LogP contribution >= 0.6 is 0 Å². The molecule has 10 heteroatoms. The van der Waals surface area contributed by atoms with Gasteiger partial charge < -0.3 is 14.9 Å². The minimum atomic E-state index is -0.753. The summed E-state index contributed by atoms with van der Waals surface area (Å²) in [6, 6.07) is 16.0. The summed E-state index contributed by atoms with van der Waals surface area (Å²) in [5, 5.41) is 0.761. The van der Waals surface area contributed by atoms with E-state index < -0.39 is 23.5 Å².